The molecule has 1 saturated heterocycles. The average molecular weight is 618 g/mol. The summed E-state index contributed by atoms with van der Waals surface area (Å²) < 4.78 is 0. The predicted octanol–water partition coefficient (Wildman–Crippen LogP) is 3.27. The van der Waals surface area contributed by atoms with E-state index in [-0.39, 0.29) is 36.4 Å². The number of nitrogens with zero attached hydrogens (tertiary/aromatic N) is 3. The van der Waals surface area contributed by atoms with Crippen LogP contribution in [-0.2, 0) is 25.7 Å². The van der Waals surface area contributed by atoms with Gasteiger partial charge in [-0.05, 0) is 68.6 Å². The molecule has 0 radical (unpaired) electrons. The van der Waals surface area contributed by atoms with E-state index in [1.165, 1.54) is 0 Å². The highest BCUT2D eigenvalue weighted by Crippen LogP contribution is 2.66. The number of piperazine rings is 1. The minimum atomic E-state index is -1.44. The Morgan fingerprint density at radius 2 is 1.80 bits per heavy atom. The zero-order valence-corrected chi connectivity index (χ0v) is 26.1. The summed E-state index contributed by atoms with van der Waals surface area (Å²) in [4.78, 5) is 59.3. The lowest BCUT2D eigenvalue weighted by molar-refractivity contribution is -0.154. The Morgan fingerprint density at radius 3 is 2.47 bits per heavy atom. The number of rotatable bonds is 8. The minimum Gasteiger partial charge on any atom is -0.478 e. The van der Waals surface area contributed by atoms with Crippen LogP contribution in [0.1, 0.15) is 58.1 Å². The molecule has 6 rings (SSSR count). The molecule has 1 unspecified atom stereocenters. The largest absolute Gasteiger partial charge is 0.478 e. The molecule has 1 aliphatic heterocycles. The highest BCUT2D eigenvalue weighted by molar-refractivity contribution is 6.05. The van der Waals surface area contributed by atoms with Gasteiger partial charge in [-0.15, -0.1) is 0 Å². The fourth-order valence-electron chi connectivity index (χ4n) is 9.28. The molecular weight excluding hydrogens is 574 g/mol. The SMILES string of the molecule is C[C@]12CC(C(=CC(=O)O)C(=O)O)C(=O)C=C1CC[C@@H]1C2=CC[C@@]2(C)[C@H]1CC[C@]2(O)C(=O)CN1CCN(Cc2ccccn2)CC1. The first-order valence-corrected chi connectivity index (χ1v) is 16.1. The lowest BCUT2D eigenvalue weighted by Crippen LogP contribution is -2.58. The quantitative estimate of drug-likeness (QED) is 0.293. The summed E-state index contributed by atoms with van der Waals surface area (Å²) in [5, 5.41) is 31.2. The monoisotopic (exact) mass is 617 g/mol. The van der Waals surface area contributed by atoms with E-state index in [1.54, 1.807) is 12.3 Å². The van der Waals surface area contributed by atoms with Crippen molar-refractivity contribution >= 4 is 23.5 Å². The van der Waals surface area contributed by atoms with Gasteiger partial charge in [-0.2, -0.15) is 0 Å². The zero-order chi connectivity index (χ0) is 32.1. The summed E-state index contributed by atoms with van der Waals surface area (Å²) in [7, 11) is 0. The summed E-state index contributed by atoms with van der Waals surface area (Å²) in [6.07, 6.45) is 9.44. The number of carboxylic acids is 2. The summed E-state index contributed by atoms with van der Waals surface area (Å²) in [5.74, 6) is -4.16. The van der Waals surface area contributed by atoms with Crippen LogP contribution in [0.3, 0.4) is 0 Å². The van der Waals surface area contributed by atoms with E-state index >= 15 is 0 Å². The number of hydrogen-bond acceptors (Lipinski definition) is 8. The molecule has 5 aliphatic rings. The van der Waals surface area contributed by atoms with Crippen molar-refractivity contribution in [3.05, 3.63) is 65.0 Å². The molecule has 0 bridgehead atoms. The van der Waals surface area contributed by atoms with Gasteiger partial charge in [-0.25, -0.2) is 9.59 Å². The first-order valence-electron chi connectivity index (χ1n) is 16.1. The molecule has 2 heterocycles. The van der Waals surface area contributed by atoms with E-state index in [1.807, 2.05) is 25.1 Å². The van der Waals surface area contributed by atoms with Crippen LogP contribution in [-0.4, -0.2) is 91.9 Å². The fourth-order valence-corrected chi connectivity index (χ4v) is 9.28. The van der Waals surface area contributed by atoms with Crippen LogP contribution < -0.4 is 0 Å². The summed E-state index contributed by atoms with van der Waals surface area (Å²) in [6.45, 7) is 8.27. The first kappa shape index (κ1) is 31.5. The molecule has 0 aromatic carbocycles. The second-order valence-corrected chi connectivity index (χ2v) is 14.1. The fraction of sp³-hybridized carbons (Fsp3) is 0.571. The molecule has 10 nitrogen and oxygen atoms in total. The molecule has 6 atom stereocenters. The van der Waals surface area contributed by atoms with Gasteiger partial charge in [0.2, 0.25) is 0 Å². The molecule has 4 aliphatic carbocycles. The Balaban J connectivity index is 1.18. The number of aliphatic carboxylic acids is 2. The van der Waals surface area contributed by atoms with Gasteiger partial charge in [0.1, 0.15) is 5.60 Å². The maximum Gasteiger partial charge on any atom is 0.332 e. The number of aliphatic hydroxyl groups is 1. The molecule has 3 N–H and O–H groups in total. The second-order valence-electron chi connectivity index (χ2n) is 14.1. The Morgan fingerprint density at radius 1 is 1.07 bits per heavy atom. The van der Waals surface area contributed by atoms with Gasteiger partial charge >= 0.3 is 11.9 Å². The third-order valence-corrected chi connectivity index (χ3v) is 11.9. The van der Waals surface area contributed by atoms with Crippen LogP contribution >= 0.6 is 0 Å². The minimum absolute atomic E-state index is 0.0737. The van der Waals surface area contributed by atoms with E-state index in [4.69, 9.17) is 0 Å². The van der Waals surface area contributed by atoms with Gasteiger partial charge in [0.05, 0.1) is 23.7 Å². The standard InChI is InChI=1S/C35H43N3O7/c1-33-19-26(25(32(43)44)18-31(41)42)29(39)17-22(33)6-7-24-27(33)8-10-34(2)28(24)9-11-35(34,45)30(40)21-38-15-13-37(14-16-38)20-23-5-3-4-12-36-23/h3-5,8,12,17-18,24,26,28,45H,6-7,9-11,13-16,19-21H2,1-2H3,(H,41,42)(H,43,44)/t24-,26?,28+,33+,34+,35+/m1/s1. The van der Waals surface area contributed by atoms with Crippen molar-refractivity contribution in [2.24, 2.45) is 28.6 Å². The number of carbonyl (C=O) groups excluding carboxylic acids is 2. The van der Waals surface area contributed by atoms with E-state index in [0.29, 0.717) is 25.3 Å². The topological polar surface area (TPSA) is 148 Å². The number of carbonyl (C=O) groups is 4. The smallest absolute Gasteiger partial charge is 0.332 e. The summed E-state index contributed by atoms with van der Waals surface area (Å²) in [5.41, 5.74) is 0.0755. The lowest BCUT2D eigenvalue weighted by Gasteiger charge is -2.55. The van der Waals surface area contributed by atoms with Crippen LogP contribution in [0, 0.1) is 28.6 Å². The van der Waals surface area contributed by atoms with Gasteiger partial charge in [0.25, 0.3) is 0 Å². The second kappa shape index (κ2) is 11.7. The highest BCUT2D eigenvalue weighted by atomic mass is 16.4. The number of Topliss-reactive ketones (excluding diaryl/α,β-unsaturated/α-hetero) is 1. The molecule has 0 amide bonds. The van der Waals surface area contributed by atoms with Gasteiger partial charge < -0.3 is 15.3 Å². The lowest BCUT2D eigenvalue weighted by atomic mass is 9.49. The number of fused-ring (bicyclic) bond motifs is 5. The van der Waals surface area contributed by atoms with Crippen molar-refractivity contribution in [2.45, 2.75) is 64.5 Å². The van der Waals surface area contributed by atoms with Crippen LogP contribution in [0.4, 0.5) is 0 Å². The maximum absolute atomic E-state index is 13.9. The van der Waals surface area contributed by atoms with Crippen LogP contribution in [0.2, 0.25) is 0 Å². The molecule has 10 heteroatoms. The number of hydrogen-bond donors (Lipinski definition) is 3. The molecule has 45 heavy (non-hydrogen) atoms. The third kappa shape index (κ3) is 5.40. The molecular formula is C35H43N3O7. The first-order chi connectivity index (χ1) is 21.4. The van der Waals surface area contributed by atoms with Crippen molar-refractivity contribution in [1.82, 2.24) is 14.8 Å². The average Bonchev–Trinajstić information content (AvgIpc) is 3.29. The normalized spacial score (nSPS) is 35.5. The molecule has 2 saturated carbocycles. The summed E-state index contributed by atoms with van der Waals surface area (Å²) in [6, 6.07) is 5.92. The van der Waals surface area contributed by atoms with Crippen LogP contribution in [0.5, 0.6) is 0 Å². The maximum atomic E-state index is 13.9. The number of allylic oxidation sites excluding steroid dienone is 4. The van der Waals surface area contributed by atoms with E-state index in [0.717, 1.165) is 62.4 Å². The molecule has 3 fully saturated rings. The van der Waals surface area contributed by atoms with Crippen molar-refractivity contribution in [1.29, 1.82) is 0 Å². The highest BCUT2D eigenvalue weighted by Gasteiger charge is 2.64. The number of carboxylic acid groups (broad SMARTS) is 2. The molecule has 1 aromatic rings. The van der Waals surface area contributed by atoms with Crippen LogP contribution in [0.25, 0.3) is 0 Å². The van der Waals surface area contributed by atoms with Crippen molar-refractivity contribution in [3.63, 3.8) is 0 Å². The summed E-state index contributed by atoms with van der Waals surface area (Å²) >= 11 is 0. The van der Waals surface area contributed by atoms with Gasteiger partial charge in [-0.3, -0.25) is 24.4 Å². The molecule has 1 aromatic heterocycles. The van der Waals surface area contributed by atoms with Gasteiger partial charge in [0.15, 0.2) is 11.6 Å². The molecule has 240 valence electrons. The van der Waals surface area contributed by atoms with Crippen molar-refractivity contribution in [2.75, 3.05) is 32.7 Å². The Labute approximate surface area is 263 Å². The Hall–Kier alpha value is -3.47. The van der Waals surface area contributed by atoms with Gasteiger partial charge in [-0.1, -0.05) is 37.1 Å². The third-order valence-electron chi connectivity index (χ3n) is 11.9. The Bertz CT molecular complexity index is 1490. The number of ketones is 2. The zero-order valence-electron chi connectivity index (χ0n) is 26.1. The van der Waals surface area contributed by atoms with Crippen LogP contribution in [0.15, 0.2) is 59.3 Å². The van der Waals surface area contributed by atoms with Gasteiger partial charge in [0, 0.05) is 55.8 Å². The molecule has 0 spiro atoms. The number of aromatic nitrogens is 1. The predicted molar refractivity (Wildman–Crippen MR) is 165 cm³/mol. The Kier molecular flexibility index (Phi) is 8.20. The van der Waals surface area contributed by atoms with E-state index < -0.39 is 39.9 Å². The number of pyridine rings is 1. The van der Waals surface area contributed by atoms with Crippen molar-refractivity contribution < 1.29 is 34.5 Å². The van der Waals surface area contributed by atoms with Crippen molar-refractivity contribution in [3.8, 4) is 0 Å². The van der Waals surface area contributed by atoms with E-state index in [9.17, 15) is 34.5 Å². The van der Waals surface area contributed by atoms with E-state index in [2.05, 4.69) is 27.8 Å².